The standard InChI is InChI=1S/C16H25NO2S/c1-4-5-6-9-20(18)15-10-12-7-8-13(19-3)11-14(12)16(15)17-2/h7-8,11,15-17H,4-6,9-10H2,1-3H3. The van der Waals surface area contributed by atoms with E-state index in [1.54, 1.807) is 7.11 Å². The average Bonchev–Trinajstić information content (AvgIpc) is 2.84. The van der Waals surface area contributed by atoms with Gasteiger partial charge in [0.05, 0.1) is 12.4 Å². The summed E-state index contributed by atoms with van der Waals surface area (Å²) in [4.78, 5) is 0. The van der Waals surface area contributed by atoms with Crippen molar-refractivity contribution in [2.75, 3.05) is 19.9 Å². The van der Waals surface area contributed by atoms with Crippen LogP contribution in [0.15, 0.2) is 18.2 Å². The molecule has 0 aromatic heterocycles. The van der Waals surface area contributed by atoms with Crippen LogP contribution in [0.5, 0.6) is 5.75 Å². The molecule has 0 bridgehead atoms. The van der Waals surface area contributed by atoms with Crippen LogP contribution in [0.1, 0.15) is 43.4 Å². The number of hydrogen-bond donors (Lipinski definition) is 1. The van der Waals surface area contributed by atoms with E-state index in [1.807, 2.05) is 13.1 Å². The van der Waals surface area contributed by atoms with E-state index in [-0.39, 0.29) is 11.3 Å². The Morgan fingerprint density at radius 2 is 2.20 bits per heavy atom. The maximum Gasteiger partial charge on any atom is 0.119 e. The maximum absolute atomic E-state index is 12.6. The van der Waals surface area contributed by atoms with E-state index in [0.717, 1.165) is 24.3 Å². The van der Waals surface area contributed by atoms with Crippen molar-refractivity contribution < 1.29 is 8.95 Å². The molecule has 0 heterocycles. The van der Waals surface area contributed by atoms with Crippen LogP contribution < -0.4 is 10.1 Å². The molecule has 2 rings (SSSR count). The van der Waals surface area contributed by atoms with Gasteiger partial charge in [0.1, 0.15) is 5.75 Å². The van der Waals surface area contributed by atoms with Crippen molar-refractivity contribution in [3.05, 3.63) is 29.3 Å². The number of unbranched alkanes of at least 4 members (excludes halogenated alkanes) is 2. The second-order valence-electron chi connectivity index (χ2n) is 5.37. The van der Waals surface area contributed by atoms with Gasteiger partial charge in [-0.2, -0.15) is 0 Å². The zero-order chi connectivity index (χ0) is 14.5. The van der Waals surface area contributed by atoms with Crippen molar-refractivity contribution in [2.24, 2.45) is 0 Å². The van der Waals surface area contributed by atoms with Gasteiger partial charge in [-0.15, -0.1) is 0 Å². The lowest BCUT2D eigenvalue weighted by atomic mass is 10.1. The van der Waals surface area contributed by atoms with Gasteiger partial charge in [0, 0.05) is 22.6 Å². The minimum absolute atomic E-state index is 0.183. The van der Waals surface area contributed by atoms with Crippen molar-refractivity contribution in [2.45, 2.75) is 43.9 Å². The number of rotatable bonds is 7. The SMILES string of the molecule is CCCCCS(=O)C1Cc2ccc(OC)cc2C1NC. The number of ether oxygens (including phenoxy) is 1. The molecule has 1 aromatic carbocycles. The van der Waals surface area contributed by atoms with Crippen LogP contribution in [0.4, 0.5) is 0 Å². The van der Waals surface area contributed by atoms with Crippen molar-refractivity contribution in [1.29, 1.82) is 0 Å². The minimum Gasteiger partial charge on any atom is -0.497 e. The Bertz CT molecular complexity index is 476. The minimum atomic E-state index is -0.765. The third-order valence-electron chi connectivity index (χ3n) is 4.08. The number of methoxy groups -OCH3 is 1. The van der Waals surface area contributed by atoms with Gasteiger partial charge in [-0.1, -0.05) is 25.8 Å². The fraction of sp³-hybridized carbons (Fsp3) is 0.625. The van der Waals surface area contributed by atoms with E-state index >= 15 is 0 Å². The van der Waals surface area contributed by atoms with E-state index in [9.17, 15) is 4.21 Å². The van der Waals surface area contributed by atoms with Gasteiger partial charge in [-0.3, -0.25) is 4.21 Å². The molecule has 4 heteroatoms. The first-order valence-electron chi connectivity index (χ1n) is 7.42. The van der Waals surface area contributed by atoms with Gasteiger partial charge in [-0.05, 0) is 43.1 Å². The first-order chi connectivity index (χ1) is 9.71. The topological polar surface area (TPSA) is 38.3 Å². The Hall–Kier alpha value is -0.870. The molecule has 1 aliphatic rings. The molecule has 0 spiro atoms. The van der Waals surface area contributed by atoms with Gasteiger partial charge in [-0.25, -0.2) is 0 Å². The molecule has 1 aromatic rings. The Morgan fingerprint density at radius 3 is 2.85 bits per heavy atom. The maximum atomic E-state index is 12.6. The molecule has 3 atom stereocenters. The Morgan fingerprint density at radius 1 is 1.40 bits per heavy atom. The van der Waals surface area contributed by atoms with E-state index < -0.39 is 10.8 Å². The second-order valence-corrected chi connectivity index (χ2v) is 7.14. The molecule has 0 aliphatic heterocycles. The van der Waals surface area contributed by atoms with Gasteiger partial charge in [0.25, 0.3) is 0 Å². The lowest BCUT2D eigenvalue weighted by Gasteiger charge is -2.19. The van der Waals surface area contributed by atoms with E-state index in [2.05, 4.69) is 24.4 Å². The Kier molecular flexibility index (Phi) is 5.61. The zero-order valence-electron chi connectivity index (χ0n) is 12.6. The summed E-state index contributed by atoms with van der Waals surface area (Å²) < 4.78 is 17.9. The largest absolute Gasteiger partial charge is 0.497 e. The van der Waals surface area contributed by atoms with Crippen LogP contribution in [-0.4, -0.2) is 29.4 Å². The quantitative estimate of drug-likeness (QED) is 0.786. The van der Waals surface area contributed by atoms with Gasteiger partial charge in [0.15, 0.2) is 0 Å². The molecular weight excluding hydrogens is 270 g/mol. The monoisotopic (exact) mass is 295 g/mol. The van der Waals surface area contributed by atoms with Crippen LogP contribution in [0, 0.1) is 0 Å². The Labute approximate surface area is 124 Å². The van der Waals surface area contributed by atoms with Crippen LogP contribution in [0.25, 0.3) is 0 Å². The van der Waals surface area contributed by atoms with Crippen molar-refractivity contribution in [1.82, 2.24) is 5.32 Å². The van der Waals surface area contributed by atoms with E-state index in [4.69, 9.17) is 4.74 Å². The third kappa shape index (κ3) is 3.23. The van der Waals surface area contributed by atoms with E-state index in [0.29, 0.717) is 0 Å². The normalized spacial score (nSPS) is 22.6. The van der Waals surface area contributed by atoms with Gasteiger partial charge in [0.2, 0.25) is 0 Å². The summed E-state index contributed by atoms with van der Waals surface area (Å²) in [5.41, 5.74) is 2.56. The highest BCUT2D eigenvalue weighted by Crippen LogP contribution is 2.36. The molecule has 1 N–H and O–H groups in total. The molecule has 0 fully saturated rings. The molecule has 0 saturated carbocycles. The van der Waals surface area contributed by atoms with Gasteiger partial charge >= 0.3 is 0 Å². The third-order valence-corrected chi connectivity index (χ3v) is 5.88. The van der Waals surface area contributed by atoms with Crippen LogP contribution in [-0.2, 0) is 17.2 Å². The van der Waals surface area contributed by atoms with Crippen molar-refractivity contribution in [3.8, 4) is 5.75 Å². The molecule has 0 saturated heterocycles. The second kappa shape index (κ2) is 7.23. The smallest absolute Gasteiger partial charge is 0.119 e. The lowest BCUT2D eigenvalue weighted by molar-refractivity contribution is 0.413. The van der Waals surface area contributed by atoms with E-state index in [1.165, 1.54) is 24.0 Å². The predicted molar refractivity (Wildman–Crippen MR) is 84.8 cm³/mol. The summed E-state index contributed by atoms with van der Waals surface area (Å²) in [6.45, 7) is 2.18. The zero-order valence-corrected chi connectivity index (χ0v) is 13.5. The Balaban J connectivity index is 2.12. The number of nitrogens with one attached hydrogen (secondary N) is 1. The predicted octanol–water partition coefficient (Wildman–Crippen LogP) is 2.82. The molecule has 112 valence electrons. The fourth-order valence-electron chi connectivity index (χ4n) is 2.94. The summed E-state index contributed by atoms with van der Waals surface area (Å²) in [6.07, 6.45) is 4.32. The molecule has 3 unspecified atom stereocenters. The molecule has 0 radical (unpaired) electrons. The molecule has 1 aliphatic carbocycles. The molecule has 3 nitrogen and oxygen atoms in total. The summed E-state index contributed by atoms with van der Waals surface area (Å²) in [7, 11) is 2.87. The summed E-state index contributed by atoms with van der Waals surface area (Å²) in [5.74, 6) is 1.70. The van der Waals surface area contributed by atoms with Crippen LogP contribution in [0.3, 0.4) is 0 Å². The number of hydrogen-bond acceptors (Lipinski definition) is 3. The van der Waals surface area contributed by atoms with Gasteiger partial charge < -0.3 is 10.1 Å². The lowest BCUT2D eigenvalue weighted by Crippen LogP contribution is -2.30. The summed E-state index contributed by atoms with van der Waals surface area (Å²) >= 11 is 0. The highest BCUT2D eigenvalue weighted by molar-refractivity contribution is 7.85. The van der Waals surface area contributed by atoms with Crippen LogP contribution in [0.2, 0.25) is 0 Å². The first kappa shape index (κ1) is 15.5. The summed E-state index contributed by atoms with van der Waals surface area (Å²) in [6, 6.07) is 6.37. The summed E-state index contributed by atoms with van der Waals surface area (Å²) in [5, 5.41) is 3.54. The highest BCUT2D eigenvalue weighted by atomic mass is 32.2. The first-order valence-corrected chi connectivity index (χ1v) is 8.80. The molecule has 20 heavy (non-hydrogen) atoms. The molecule has 0 amide bonds. The highest BCUT2D eigenvalue weighted by Gasteiger charge is 2.35. The van der Waals surface area contributed by atoms with Crippen LogP contribution >= 0.6 is 0 Å². The number of benzene rings is 1. The molecular formula is C16H25NO2S. The number of fused-ring (bicyclic) bond motifs is 1. The van der Waals surface area contributed by atoms with Crippen molar-refractivity contribution in [3.63, 3.8) is 0 Å². The fourth-order valence-corrected chi connectivity index (χ4v) is 4.69. The van der Waals surface area contributed by atoms with Crippen molar-refractivity contribution >= 4 is 10.8 Å². The average molecular weight is 295 g/mol.